The summed E-state index contributed by atoms with van der Waals surface area (Å²) in [5, 5.41) is 6.99. The predicted octanol–water partition coefficient (Wildman–Crippen LogP) is 4.37. The summed E-state index contributed by atoms with van der Waals surface area (Å²) in [6.45, 7) is 0.699. The first-order valence-electron chi connectivity index (χ1n) is 11.3. The van der Waals surface area contributed by atoms with Gasteiger partial charge in [0, 0.05) is 19.0 Å². The van der Waals surface area contributed by atoms with E-state index in [1.54, 1.807) is 29.9 Å². The van der Waals surface area contributed by atoms with Crippen LogP contribution in [0.15, 0.2) is 42.6 Å². The molecule has 2 heterocycles. The van der Waals surface area contributed by atoms with E-state index in [2.05, 4.69) is 15.6 Å². The van der Waals surface area contributed by atoms with E-state index < -0.39 is 5.97 Å². The van der Waals surface area contributed by atoms with E-state index in [-0.39, 0.29) is 18.2 Å². The van der Waals surface area contributed by atoms with Gasteiger partial charge in [0.15, 0.2) is 12.3 Å². The Morgan fingerprint density at radius 2 is 1.91 bits per heavy atom. The van der Waals surface area contributed by atoms with Crippen LogP contribution in [0, 0.1) is 5.92 Å². The third-order valence-electron chi connectivity index (χ3n) is 6.10. The number of rotatable bonds is 8. The maximum absolute atomic E-state index is 12.7. The molecule has 0 saturated heterocycles. The Morgan fingerprint density at radius 1 is 1.15 bits per heavy atom. The zero-order valence-corrected chi connectivity index (χ0v) is 19.1. The van der Waals surface area contributed by atoms with Gasteiger partial charge in [0.2, 0.25) is 0 Å². The van der Waals surface area contributed by atoms with Crippen molar-refractivity contribution in [3.8, 4) is 5.75 Å². The molecule has 8 nitrogen and oxygen atoms in total. The fourth-order valence-corrected chi connectivity index (χ4v) is 4.36. The van der Waals surface area contributed by atoms with Crippen LogP contribution in [-0.2, 0) is 16.6 Å². The molecule has 174 valence electrons. The van der Waals surface area contributed by atoms with E-state index in [1.807, 2.05) is 24.3 Å². The molecule has 1 aliphatic rings. The Balaban J connectivity index is 1.57. The highest BCUT2D eigenvalue weighted by molar-refractivity contribution is 6.11. The first-order valence-corrected chi connectivity index (χ1v) is 11.3. The van der Waals surface area contributed by atoms with Crippen LogP contribution >= 0.6 is 0 Å². The van der Waals surface area contributed by atoms with Crippen LogP contribution in [0.5, 0.6) is 5.75 Å². The number of amides is 1. The number of esters is 1. The molecule has 2 aromatic heterocycles. The average molecular weight is 451 g/mol. The Morgan fingerprint density at radius 3 is 2.64 bits per heavy atom. The van der Waals surface area contributed by atoms with Crippen LogP contribution in [0.25, 0.3) is 11.0 Å². The molecular formula is C25H30N4O4. The van der Waals surface area contributed by atoms with Gasteiger partial charge in [0.25, 0.3) is 5.91 Å². The Hall–Kier alpha value is -3.55. The molecule has 0 radical (unpaired) electrons. The third kappa shape index (κ3) is 5.27. The molecule has 1 fully saturated rings. The summed E-state index contributed by atoms with van der Waals surface area (Å²) in [6.07, 6.45) is 8.13. The summed E-state index contributed by atoms with van der Waals surface area (Å²) in [5.41, 5.74) is 2.04. The van der Waals surface area contributed by atoms with Crippen molar-refractivity contribution in [2.24, 2.45) is 13.0 Å². The smallest absolute Gasteiger partial charge is 0.356 e. The number of benzene rings is 1. The fraction of sp³-hybridized carbons (Fsp3) is 0.400. The van der Waals surface area contributed by atoms with Crippen LogP contribution in [0.1, 0.15) is 42.6 Å². The topological polar surface area (TPSA) is 94.5 Å². The minimum absolute atomic E-state index is 0.186. The monoisotopic (exact) mass is 450 g/mol. The number of carbonyl (C=O) groups is 2. The van der Waals surface area contributed by atoms with E-state index in [9.17, 15) is 9.59 Å². The molecule has 0 aliphatic heterocycles. The second kappa shape index (κ2) is 10.4. The van der Waals surface area contributed by atoms with Gasteiger partial charge < -0.3 is 24.7 Å². The number of anilines is 2. The van der Waals surface area contributed by atoms with Gasteiger partial charge in [-0.2, -0.15) is 0 Å². The zero-order chi connectivity index (χ0) is 23.2. The lowest BCUT2D eigenvalue weighted by Crippen LogP contribution is -2.22. The molecule has 4 rings (SSSR count). The summed E-state index contributed by atoms with van der Waals surface area (Å²) in [7, 11) is 3.04. The fourth-order valence-electron chi connectivity index (χ4n) is 4.36. The molecule has 3 aromatic rings. The van der Waals surface area contributed by atoms with Gasteiger partial charge in [-0.25, -0.2) is 9.78 Å². The zero-order valence-electron chi connectivity index (χ0n) is 19.1. The molecule has 0 unspecified atom stereocenters. The highest BCUT2D eigenvalue weighted by Crippen LogP contribution is 2.32. The summed E-state index contributed by atoms with van der Waals surface area (Å²) >= 11 is 0. The van der Waals surface area contributed by atoms with Crippen LogP contribution in [0.4, 0.5) is 11.4 Å². The maximum atomic E-state index is 12.7. The van der Waals surface area contributed by atoms with Crippen LogP contribution in [0.2, 0.25) is 0 Å². The van der Waals surface area contributed by atoms with Gasteiger partial charge in [0.1, 0.15) is 11.4 Å². The van der Waals surface area contributed by atoms with Gasteiger partial charge in [-0.15, -0.1) is 0 Å². The summed E-state index contributed by atoms with van der Waals surface area (Å²) in [5.74, 6) is 0.323. The minimum Gasteiger partial charge on any atom is -0.484 e. The van der Waals surface area contributed by atoms with Gasteiger partial charge in [-0.1, -0.05) is 37.5 Å². The molecule has 1 aromatic carbocycles. The first-order chi connectivity index (χ1) is 16.1. The number of fused-ring (bicyclic) bond motifs is 1. The van der Waals surface area contributed by atoms with Crippen molar-refractivity contribution in [2.45, 2.75) is 32.1 Å². The van der Waals surface area contributed by atoms with Crippen molar-refractivity contribution in [1.29, 1.82) is 0 Å². The van der Waals surface area contributed by atoms with Crippen molar-refractivity contribution < 1.29 is 19.1 Å². The number of methoxy groups -OCH3 is 1. The molecule has 2 N–H and O–H groups in total. The number of carbonyl (C=O) groups excluding carboxylic acids is 2. The largest absolute Gasteiger partial charge is 0.484 e. The molecule has 8 heteroatoms. The van der Waals surface area contributed by atoms with Crippen molar-refractivity contribution in [3.63, 3.8) is 0 Å². The normalized spacial score (nSPS) is 14.1. The van der Waals surface area contributed by atoms with Crippen molar-refractivity contribution in [1.82, 2.24) is 9.55 Å². The maximum Gasteiger partial charge on any atom is 0.356 e. The second-order valence-corrected chi connectivity index (χ2v) is 8.40. The van der Waals surface area contributed by atoms with Crippen molar-refractivity contribution >= 4 is 34.3 Å². The van der Waals surface area contributed by atoms with Crippen molar-refractivity contribution in [3.05, 3.63) is 48.3 Å². The molecule has 0 bridgehead atoms. The molecule has 1 amide bonds. The average Bonchev–Trinajstić information content (AvgIpc) is 3.13. The SMILES string of the molecule is COC(=O)c1c(NC(=O)COc2ccccc2)c2cc(NCC3CCCCC3)cnc2n1C. The highest BCUT2D eigenvalue weighted by Gasteiger charge is 2.25. The summed E-state index contributed by atoms with van der Waals surface area (Å²) < 4.78 is 12.2. The number of aryl methyl sites for hydroxylation is 1. The predicted molar refractivity (Wildman–Crippen MR) is 128 cm³/mol. The number of nitrogens with zero attached hydrogens (tertiary/aromatic N) is 2. The molecule has 1 aliphatic carbocycles. The van der Waals surface area contributed by atoms with Crippen molar-refractivity contribution in [2.75, 3.05) is 30.9 Å². The Labute approximate surface area is 193 Å². The molecular weight excluding hydrogens is 420 g/mol. The number of nitrogens with one attached hydrogen (secondary N) is 2. The summed E-state index contributed by atoms with van der Waals surface area (Å²) in [4.78, 5) is 29.8. The quantitative estimate of drug-likeness (QED) is 0.495. The highest BCUT2D eigenvalue weighted by atomic mass is 16.5. The Kier molecular flexibility index (Phi) is 7.12. The number of hydrogen-bond donors (Lipinski definition) is 2. The number of ether oxygens (including phenoxy) is 2. The number of para-hydroxylation sites is 1. The van der Waals surface area contributed by atoms with E-state index in [4.69, 9.17) is 9.47 Å². The molecule has 1 saturated carbocycles. The van der Waals surface area contributed by atoms with Crippen LogP contribution in [0.3, 0.4) is 0 Å². The van der Waals surface area contributed by atoms with E-state index in [0.29, 0.717) is 28.4 Å². The van der Waals surface area contributed by atoms with Gasteiger partial charge in [-0.3, -0.25) is 4.79 Å². The number of pyridine rings is 1. The molecule has 0 atom stereocenters. The van der Waals surface area contributed by atoms with Gasteiger partial charge in [0.05, 0.1) is 24.7 Å². The lowest BCUT2D eigenvalue weighted by atomic mass is 9.89. The van der Waals surface area contributed by atoms with E-state index >= 15 is 0 Å². The van der Waals surface area contributed by atoms with Gasteiger partial charge >= 0.3 is 5.97 Å². The standard InChI is InChI=1S/C25H30N4O4/c1-29-23(25(31)32-2)22(28-21(30)16-33-19-11-7-4-8-12-19)20-13-18(15-27-24(20)29)26-14-17-9-5-3-6-10-17/h4,7-8,11-13,15,17,26H,3,5-6,9-10,14,16H2,1-2H3,(H,28,30). The first kappa shape index (κ1) is 22.6. The van der Waals surface area contributed by atoms with E-state index in [1.165, 1.54) is 39.2 Å². The van der Waals surface area contributed by atoms with E-state index in [0.717, 1.165) is 12.2 Å². The van der Waals surface area contributed by atoms with Gasteiger partial charge in [-0.05, 0) is 37.0 Å². The Bertz CT molecular complexity index is 1120. The second-order valence-electron chi connectivity index (χ2n) is 8.40. The molecule has 0 spiro atoms. The van der Waals surface area contributed by atoms with Crippen LogP contribution in [-0.4, -0.2) is 41.7 Å². The lowest BCUT2D eigenvalue weighted by molar-refractivity contribution is -0.118. The number of hydrogen-bond acceptors (Lipinski definition) is 6. The number of aromatic nitrogens is 2. The minimum atomic E-state index is -0.550. The third-order valence-corrected chi connectivity index (χ3v) is 6.10. The lowest BCUT2D eigenvalue weighted by Gasteiger charge is -2.22. The van der Waals surface area contributed by atoms with Crippen LogP contribution < -0.4 is 15.4 Å². The summed E-state index contributed by atoms with van der Waals surface area (Å²) in [6, 6.07) is 11.0. The molecule has 33 heavy (non-hydrogen) atoms.